The molecule has 0 amide bonds. The van der Waals surface area contributed by atoms with Gasteiger partial charge in [-0.05, 0) is 48.0 Å². The van der Waals surface area contributed by atoms with E-state index in [0.717, 1.165) is 11.6 Å². The summed E-state index contributed by atoms with van der Waals surface area (Å²) in [6, 6.07) is 11.6. The number of hydrogen-bond acceptors (Lipinski definition) is 5. The Morgan fingerprint density at radius 1 is 1.17 bits per heavy atom. The Labute approximate surface area is 171 Å². The van der Waals surface area contributed by atoms with E-state index in [0.29, 0.717) is 39.6 Å². The Balaban J connectivity index is 2.00. The van der Waals surface area contributed by atoms with Gasteiger partial charge in [-0.2, -0.15) is 0 Å². The summed E-state index contributed by atoms with van der Waals surface area (Å²) in [6.07, 6.45) is 2.37. The summed E-state index contributed by atoms with van der Waals surface area (Å²) in [7, 11) is 1.54. The largest absolute Gasteiger partial charge is 0.495 e. The molecule has 3 aromatic rings. The molecule has 1 aromatic heterocycles. The van der Waals surface area contributed by atoms with Crippen LogP contribution < -0.4 is 10.1 Å². The quantitative estimate of drug-likeness (QED) is 0.496. The van der Waals surface area contributed by atoms with Crippen LogP contribution in [0.5, 0.6) is 5.75 Å². The SMILES string of the molecule is COc1ccc(CNc2cc(/C=C/C(=O)O)nc3ccc(C(=O)O)cc23)cc1Cl. The van der Waals surface area contributed by atoms with Crippen LogP contribution in [-0.2, 0) is 11.3 Å². The van der Waals surface area contributed by atoms with Crippen LogP contribution in [0.25, 0.3) is 17.0 Å². The van der Waals surface area contributed by atoms with Crippen LogP contribution in [0.4, 0.5) is 5.69 Å². The standard InChI is InChI=1S/C21H17ClN2O5/c1-29-19-6-2-12(8-16(19)22)11-23-18-10-14(4-7-20(25)26)24-17-5-3-13(21(27)28)9-15(17)18/h2-10H,11H2,1H3,(H,23,24)(H,25,26)(H,27,28)/b7-4+. The lowest BCUT2D eigenvalue weighted by Crippen LogP contribution is -2.03. The van der Waals surface area contributed by atoms with Crippen LogP contribution in [0.15, 0.2) is 48.5 Å². The first-order valence-electron chi connectivity index (χ1n) is 8.53. The van der Waals surface area contributed by atoms with Crippen molar-refractivity contribution >= 4 is 46.2 Å². The number of aromatic nitrogens is 1. The number of rotatable bonds is 7. The first-order valence-corrected chi connectivity index (χ1v) is 8.90. The average Bonchev–Trinajstić information content (AvgIpc) is 2.70. The molecule has 3 N–H and O–H groups in total. The topological polar surface area (TPSA) is 109 Å². The molecule has 0 aliphatic carbocycles. The fourth-order valence-corrected chi connectivity index (χ4v) is 3.07. The van der Waals surface area contributed by atoms with Gasteiger partial charge in [0.15, 0.2) is 0 Å². The van der Waals surface area contributed by atoms with Crippen molar-refractivity contribution in [2.45, 2.75) is 6.54 Å². The molecule has 0 aliphatic rings. The zero-order chi connectivity index (χ0) is 21.0. The molecule has 0 radical (unpaired) electrons. The van der Waals surface area contributed by atoms with Gasteiger partial charge in [-0.25, -0.2) is 14.6 Å². The Kier molecular flexibility index (Phi) is 5.99. The van der Waals surface area contributed by atoms with Crippen molar-refractivity contribution < 1.29 is 24.5 Å². The highest BCUT2D eigenvalue weighted by Gasteiger charge is 2.10. The van der Waals surface area contributed by atoms with E-state index in [9.17, 15) is 14.7 Å². The number of pyridine rings is 1. The van der Waals surface area contributed by atoms with E-state index in [1.54, 1.807) is 24.3 Å². The number of benzene rings is 2. The van der Waals surface area contributed by atoms with E-state index in [1.165, 1.54) is 25.3 Å². The highest BCUT2D eigenvalue weighted by Crippen LogP contribution is 2.28. The normalized spacial score (nSPS) is 11.0. The average molecular weight is 413 g/mol. The van der Waals surface area contributed by atoms with Gasteiger partial charge in [0.25, 0.3) is 0 Å². The highest BCUT2D eigenvalue weighted by atomic mass is 35.5. The van der Waals surface area contributed by atoms with E-state index in [2.05, 4.69) is 10.3 Å². The maximum absolute atomic E-state index is 11.3. The number of carbonyl (C=O) groups is 2. The third-order valence-corrected chi connectivity index (χ3v) is 4.47. The molecular weight excluding hydrogens is 396 g/mol. The van der Waals surface area contributed by atoms with Crippen LogP contribution in [0.1, 0.15) is 21.6 Å². The molecule has 0 fully saturated rings. The molecule has 1 heterocycles. The van der Waals surface area contributed by atoms with Gasteiger partial charge in [-0.15, -0.1) is 0 Å². The first-order chi connectivity index (χ1) is 13.9. The summed E-state index contributed by atoms with van der Waals surface area (Å²) in [6.45, 7) is 0.405. The second-order valence-electron chi connectivity index (χ2n) is 6.13. The maximum Gasteiger partial charge on any atom is 0.335 e. The maximum atomic E-state index is 11.3. The molecule has 7 nitrogen and oxygen atoms in total. The molecule has 0 atom stereocenters. The molecule has 29 heavy (non-hydrogen) atoms. The van der Waals surface area contributed by atoms with Crippen molar-refractivity contribution in [1.29, 1.82) is 0 Å². The Morgan fingerprint density at radius 3 is 2.62 bits per heavy atom. The van der Waals surface area contributed by atoms with E-state index in [-0.39, 0.29) is 5.56 Å². The van der Waals surface area contributed by atoms with Crippen molar-refractivity contribution in [2.24, 2.45) is 0 Å². The fraction of sp³-hybridized carbons (Fsp3) is 0.0952. The highest BCUT2D eigenvalue weighted by molar-refractivity contribution is 6.32. The molecule has 0 saturated carbocycles. The van der Waals surface area contributed by atoms with Gasteiger partial charge in [-0.3, -0.25) is 0 Å². The Bertz CT molecular complexity index is 1130. The lowest BCUT2D eigenvalue weighted by Gasteiger charge is -2.12. The number of halogens is 1. The summed E-state index contributed by atoms with van der Waals surface area (Å²) in [4.78, 5) is 26.5. The van der Waals surface area contributed by atoms with E-state index < -0.39 is 11.9 Å². The predicted molar refractivity (Wildman–Crippen MR) is 111 cm³/mol. The minimum atomic E-state index is -1.09. The number of carboxylic acid groups (broad SMARTS) is 2. The Morgan fingerprint density at radius 2 is 1.97 bits per heavy atom. The smallest absolute Gasteiger partial charge is 0.335 e. The lowest BCUT2D eigenvalue weighted by atomic mass is 10.1. The van der Waals surface area contributed by atoms with Crippen molar-refractivity contribution in [1.82, 2.24) is 4.98 Å². The molecule has 3 rings (SSSR count). The van der Waals surface area contributed by atoms with Crippen LogP contribution in [0, 0.1) is 0 Å². The minimum absolute atomic E-state index is 0.128. The van der Waals surface area contributed by atoms with E-state index in [4.69, 9.17) is 21.4 Å². The molecule has 0 spiro atoms. The van der Waals surface area contributed by atoms with Gasteiger partial charge in [0.2, 0.25) is 0 Å². The summed E-state index contributed by atoms with van der Waals surface area (Å²) in [5.74, 6) is -1.57. The van der Waals surface area contributed by atoms with Gasteiger partial charge in [0.1, 0.15) is 5.75 Å². The monoisotopic (exact) mass is 412 g/mol. The van der Waals surface area contributed by atoms with Gasteiger partial charge in [0.05, 0.1) is 28.9 Å². The summed E-state index contributed by atoms with van der Waals surface area (Å²) in [5.41, 5.74) is 2.60. The minimum Gasteiger partial charge on any atom is -0.495 e. The second kappa shape index (κ2) is 8.62. The summed E-state index contributed by atoms with van der Waals surface area (Å²) >= 11 is 6.17. The number of fused-ring (bicyclic) bond motifs is 1. The van der Waals surface area contributed by atoms with E-state index >= 15 is 0 Å². The zero-order valence-corrected chi connectivity index (χ0v) is 16.1. The number of nitrogens with zero attached hydrogens (tertiary/aromatic N) is 1. The predicted octanol–water partition coefficient (Wildman–Crippen LogP) is 4.30. The third-order valence-electron chi connectivity index (χ3n) is 4.17. The number of carboxylic acids is 2. The summed E-state index contributed by atoms with van der Waals surface area (Å²) < 4.78 is 5.15. The van der Waals surface area contributed by atoms with Crippen LogP contribution in [-0.4, -0.2) is 34.2 Å². The van der Waals surface area contributed by atoms with Gasteiger partial charge < -0.3 is 20.3 Å². The Hall–Kier alpha value is -3.58. The number of aromatic carboxylic acids is 1. The first kappa shape index (κ1) is 20.2. The third kappa shape index (κ3) is 4.83. The van der Waals surface area contributed by atoms with Crippen LogP contribution in [0.2, 0.25) is 5.02 Å². The van der Waals surface area contributed by atoms with Gasteiger partial charge in [0, 0.05) is 23.7 Å². The van der Waals surface area contributed by atoms with Crippen molar-refractivity contribution in [3.05, 3.63) is 70.4 Å². The van der Waals surface area contributed by atoms with Crippen LogP contribution >= 0.6 is 11.6 Å². The zero-order valence-electron chi connectivity index (χ0n) is 15.3. The van der Waals surface area contributed by atoms with Gasteiger partial charge in [-0.1, -0.05) is 17.7 Å². The molecule has 148 valence electrons. The summed E-state index contributed by atoms with van der Waals surface area (Å²) in [5, 5.41) is 22.5. The molecule has 8 heteroatoms. The molecule has 2 aromatic carbocycles. The van der Waals surface area contributed by atoms with Crippen molar-refractivity contribution in [2.75, 3.05) is 12.4 Å². The molecule has 0 saturated heterocycles. The van der Waals surface area contributed by atoms with Crippen LogP contribution in [0.3, 0.4) is 0 Å². The molecule has 0 bridgehead atoms. The number of hydrogen-bond donors (Lipinski definition) is 3. The fourth-order valence-electron chi connectivity index (χ4n) is 2.78. The number of aliphatic carboxylic acids is 1. The molecule has 0 unspecified atom stereocenters. The van der Waals surface area contributed by atoms with Crippen molar-refractivity contribution in [3.8, 4) is 5.75 Å². The second-order valence-corrected chi connectivity index (χ2v) is 6.53. The van der Waals surface area contributed by atoms with Gasteiger partial charge >= 0.3 is 11.9 Å². The molecule has 0 aliphatic heterocycles. The lowest BCUT2D eigenvalue weighted by molar-refractivity contribution is -0.131. The molecular formula is C21H17ClN2O5. The number of methoxy groups -OCH3 is 1. The number of nitrogens with one attached hydrogen (secondary N) is 1. The number of ether oxygens (including phenoxy) is 1. The number of anilines is 1. The van der Waals surface area contributed by atoms with Crippen molar-refractivity contribution in [3.63, 3.8) is 0 Å². The van der Waals surface area contributed by atoms with E-state index in [1.807, 2.05) is 6.07 Å².